The van der Waals surface area contributed by atoms with Crippen LogP contribution in [0.3, 0.4) is 0 Å². The number of amides is 2. The Kier molecular flexibility index (Phi) is 7.06. The largest absolute Gasteiger partial charge is 0.367 e. The number of aromatic nitrogens is 1. The van der Waals surface area contributed by atoms with Crippen LogP contribution in [-0.2, 0) is 9.53 Å². The first kappa shape index (κ1) is 20.4. The third kappa shape index (κ3) is 4.54. The second-order valence-corrected chi connectivity index (χ2v) is 7.35. The Bertz CT molecular complexity index is 816. The summed E-state index contributed by atoms with van der Waals surface area (Å²) in [6, 6.07) is 13.1. The fourth-order valence-corrected chi connectivity index (χ4v) is 3.94. The number of benzene rings is 1. The zero-order valence-electron chi connectivity index (χ0n) is 16.2. The van der Waals surface area contributed by atoms with Crippen molar-refractivity contribution in [1.29, 1.82) is 0 Å². The molecule has 0 radical (unpaired) electrons. The SMILES string of the molecule is CO[C@@H](C(=O)N1CCCN(C(=O)c2cccnc2SC)CC1)c1ccccc1. The molecule has 1 aromatic carbocycles. The Labute approximate surface area is 169 Å². The minimum Gasteiger partial charge on any atom is -0.367 e. The molecule has 1 aromatic heterocycles. The molecular weight excluding hydrogens is 374 g/mol. The van der Waals surface area contributed by atoms with Crippen molar-refractivity contribution < 1.29 is 14.3 Å². The summed E-state index contributed by atoms with van der Waals surface area (Å²) < 4.78 is 5.48. The van der Waals surface area contributed by atoms with Crippen molar-refractivity contribution in [3.8, 4) is 0 Å². The fraction of sp³-hybridized carbons (Fsp3) is 0.381. The molecule has 1 aliphatic rings. The lowest BCUT2D eigenvalue weighted by Gasteiger charge is -2.26. The highest BCUT2D eigenvalue weighted by Crippen LogP contribution is 2.22. The molecule has 1 fully saturated rings. The molecule has 0 spiro atoms. The molecule has 2 aromatic rings. The van der Waals surface area contributed by atoms with Gasteiger partial charge in [-0.3, -0.25) is 9.59 Å². The molecule has 0 saturated carbocycles. The van der Waals surface area contributed by atoms with Crippen molar-refractivity contribution >= 4 is 23.6 Å². The zero-order chi connectivity index (χ0) is 19.9. The maximum atomic E-state index is 13.0. The number of ether oxygens (including phenoxy) is 1. The van der Waals surface area contributed by atoms with E-state index in [-0.39, 0.29) is 11.8 Å². The molecule has 148 valence electrons. The highest BCUT2D eigenvalue weighted by atomic mass is 32.2. The minimum absolute atomic E-state index is 0.0295. The Hall–Kier alpha value is -2.38. The van der Waals surface area contributed by atoms with Gasteiger partial charge in [-0.1, -0.05) is 30.3 Å². The number of carbonyl (C=O) groups is 2. The number of methoxy groups -OCH3 is 1. The van der Waals surface area contributed by atoms with Gasteiger partial charge in [-0.2, -0.15) is 0 Å². The smallest absolute Gasteiger partial charge is 0.256 e. The van der Waals surface area contributed by atoms with Gasteiger partial charge in [-0.25, -0.2) is 4.98 Å². The van der Waals surface area contributed by atoms with Crippen LogP contribution in [0.2, 0.25) is 0 Å². The maximum Gasteiger partial charge on any atom is 0.256 e. The number of pyridine rings is 1. The van der Waals surface area contributed by atoms with Gasteiger partial charge < -0.3 is 14.5 Å². The summed E-state index contributed by atoms with van der Waals surface area (Å²) in [6.45, 7) is 2.22. The second-order valence-electron chi connectivity index (χ2n) is 6.56. The monoisotopic (exact) mass is 399 g/mol. The van der Waals surface area contributed by atoms with Crippen molar-refractivity contribution in [3.63, 3.8) is 0 Å². The molecule has 0 aliphatic carbocycles. The molecule has 1 atom stereocenters. The molecule has 0 unspecified atom stereocenters. The molecule has 3 rings (SSSR count). The van der Waals surface area contributed by atoms with Crippen molar-refractivity contribution in [3.05, 3.63) is 59.8 Å². The predicted molar refractivity (Wildman–Crippen MR) is 109 cm³/mol. The maximum absolute atomic E-state index is 13.0. The van der Waals surface area contributed by atoms with Gasteiger partial charge in [-0.05, 0) is 30.4 Å². The molecule has 1 saturated heterocycles. The average molecular weight is 400 g/mol. The van der Waals surface area contributed by atoms with Crippen molar-refractivity contribution in [2.75, 3.05) is 39.5 Å². The van der Waals surface area contributed by atoms with Gasteiger partial charge >= 0.3 is 0 Å². The molecule has 6 nitrogen and oxygen atoms in total. The van der Waals surface area contributed by atoms with Gasteiger partial charge in [0.2, 0.25) is 0 Å². The Balaban J connectivity index is 1.69. The van der Waals surface area contributed by atoms with Crippen LogP contribution in [-0.4, -0.2) is 66.1 Å². The summed E-state index contributed by atoms with van der Waals surface area (Å²) in [5.74, 6) is -0.0905. The van der Waals surface area contributed by atoms with Crippen LogP contribution in [0.25, 0.3) is 0 Å². The van der Waals surface area contributed by atoms with E-state index < -0.39 is 6.10 Å². The fourth-order valence-electron chi connectivity index (χ4n) is 3.40. The van der Waals surface area contributed by atoms with Crippen LogP contribution < -0.4 is 0 Å². The van der Waals surface area contributed by atoms with E-state index >= 15 is 0 Å². The lowest BCUT2D eigenvalue weighted by molar-refractivity contribution is -0.142. The van der Waals surface area contributed by atoms with E-state index in [0.717, 1.165) is 17.0 Å². The van der Waals surface area contributed by atoms with Crippen molar-refractivity contribution in [2.24, 2.45) is 0 Å². The first-order valence-corrected chi connectivity index (χ1v) is 10.5. The topological polar surface area (TPSA) is 62.7 Å². The van der Waals surface area contributed by atoms with E-state index in [0.29, 0.717) is 31.7 Å². The predicted octanol–water partition coefficient (Wildman–Crippen LogP) is 2.87. The Morgan fingerprint density at radius 1 is 1.04 bits per heavy atom. The molecule has 2 heterocycles. The van der Waals surface area contributed by atoms with E-state index in [1.165, 1.54) is 11.8 Å². The van der Waals surface area contributed by atoms with Crippen LogP contribution in [0.15, 0.2) is 53.7 Å². The molecule has 0 N–H and O–H groups in total. The third-order valence-electron chi connectivity index (χ3n) is 4.85. The highest BCUT2D eigenvalue weighted by molar-refractivity contribution is 7.98. The van der Waals surface area contributed by atoms with E-state index in [9.17, 15) is 9.59 Å². The number of hydrogen-bond acceptors (Lipinski definition) is 5. The standard InChI is InChI=1S/C21H25N3O3S/c1-27-18(16-8-4-3-5-9-16)21(26)24-13-7-12-23(14-15-24)20(25)17-10-6-11-22-19(17)28-2/h3-6,8-11,18H,7,12-15H2,1-2H3/t18-/m1/s1. The summed E-state index contributed by atoms with van der Waals surface area (Å²) in [5.41, 5.74) is 1.46. The van der Waals surface area contributed by atoms with Crippen LogP contribution in [0, 0.1) is 0 Å². The molecule has 2 amide bonds. The van der Waals surface area contributed by atoms with Crippen LogP contribution in [0.4, 0.5) is 0 Å². The lowest BCUT2D eigenvalue weighted by Crippen LogP contribution is -2.40. The van der Waals surface area contributed by atoms with Gasteiger partial charge in [0, 0.05) is 39.5 Å². The van der Waals surface area contributed by atoms with Gasteiger partial charge in [-0.15, -0.1) is 11.8 Å². The first-order valence-electron chi connectivity index (χ1n) is 9.30. The van der Waals surface area contributed by atoms with Crippen molar-refractivity contribution in [1.82, 2.24) is 14.8 Å². The van der Waals surface area contributed by atoms with Crippen LogP contribution in [0.1, 0.15) is 28.4 Å². The van der Waals surface area contributed by atoms with Crippen molar-refractivity contribution in [2.45, 2.75) is 17.6 Å². The Morgan fingerprint density at radius 3 is 2.46 bits per heavy atom. The number of hydrogen-bond donors (Lipinski definition) is 0. The second kappa shape index (κ2) is 9.71. The minimum atomic E-state index is -0.620. The van der Waals surface area contributed by atoms with Gasteiger partial charge in [0.05, 0.1) is 5.56 Å². The van der Waals surface area contributed by atoms with Gasteiger partial charge in [0.1, 0.15) is 5.03 Å². The quantitative estimate of drug-likeness (QED) is 0.724. The summed E-state index contributed by atoms with van der Waals surface area (Å²) >= 11 is 1.46. The van der Waals surface area contributed by atoms with Gasteiger partial charge in [0.25, 0.3) is 11.8 Å². The summed E-state index contributed by atoms with van der Waals surface area (Å²) in [5, 5.41) is 0.730. The summed E-state index contributed by atoms with van der Waals surface area (Å²) in [6.07, 6.45) is 3.72. The summed E-state index contributed by atoms with van der Waals surface area (Å²) in [4.78, 5) is 33.9. The normalized spacial score (nSPS) is 15.8. The van der Waals surface area contributed by atoms with E-state index in [1.54, 1.807) is 24.3 Å². The number of rotatable bonds is 5. The molecule has 28 heavy (non-hydrogen) atoms. The highest BCUT2D eigenvalue weighted by Gasteiger charge is 2.29. The Morgan fingerprint density at radius 2 is 1.75 bits per heavy atom. The molecular formula is C21H25N3O3S. The van der Waals surface area contributed by atoms with E-state index in [4.69, 9.17) is 4.74 Å². The zero-order valence-corrected chi connectivity index (χ0v) is 17.0. The third-order valence-corrected chi connectivity index (χ3v) is 5.56. The van der Waals surface area contributed by atoms with Gasteiger partial charge in [0.15, 0.2) is 6.10 Å². The lowest BCUT2D eigenvalue weighted by atomic mass is 10.1. The number of carbonyl (C=O) groups excluding carboxylic acids is 2. The number of thioether (sulfide) groups is 1. The molecule has 0 bridgehead atoms. The van der Waals surface area contributed by atoms with Crippen LogP contribution >= 0.6 is 11.8 Å². The van der Waals surface area contributed by atoms with E-state index in [1.807, 2.05) is 47.6 Å². The molecule has 7 heteroatoms. The van der Waals surface area contributed by atoms with E-state index in [2.05, 4.69) is 4.98 Å². The molecule has 1 aliphatic heterocycles. The number of nitrogens with zero attached hydrogens (tertiary/aromatic N) is 3. The van der Waals surface area contributed by atoms with Crippen LogP contribution in [0.5, 0.6) is 0 Å². The first-order chi connectivity index (χ1) is 13.7. The average Bonchev–Trinajstić information content (AvgIpc) is 3.01. The summed E-state index contributed by atoms with van der Waals surface area (Å²) in [7, 11) is 1.55.